The van der Waals surface area contributed by atoms with Gasteiger partial charge in [-0.05, 0) is 57.9 Å². The molecule has 2 heterocycles. The van der Waals surface area contributed by atoms with E-state index in [-0.39, 0.29) is 52.0 Å². The largest absolute Gasteiger partial charge is 0.507 e. The lowest BCUT2D eigenvalue weighted by atomic mass is 9.70. The first-order chi connectivity index (χ1) is 18.4. The molecule has 2 atom stereocenters. The summed E-state index contributed by atoms with van der Waals surface area (Å²) in [5.41, 5.74) is 0.0266. The van der Waals surface area contributed by atoms with Gasteiger partial charge in [-0.25, -0.2) is 0 Å². The molecule has 2 aliphatic heterocycles. The van der Waals surface area contributed by atoms with Crippen molar-refractivity contribution in [2.45, 2.75) is 45.4 Å². The molecule has 3 aliphatic rings. The molecule has 0 saturated heterocycles. The van der Waals surface area contributed by atoms with Crippen LogP contribution in [0, 0.1) is 6.92 Å². The third kappa shape index (κ3) is 3.70. The van der Waals surface area contributed by atoms with Gasteiger partial charge in [0.05, 0.1) is 24.2 Å². The van der Waals surface area contributed by atoms with Crippen LogP contribution in [0.15, 0.2) is 41.3 Å². The Morgan fingerprint density at radius 3 is 2.56 bits per heavy atom. The lowest BCUT2D eigenvalue weighted by molar-refractivity contribution is -0.123. The molecule has 2 aromatic carbocycles. The van der Waals surface area contributed by atoms with E-state index in [1.54, 1.807) is 26.2 Å². The fourth-order valence-corrected chi connectivity index (χ4v) is 5.57. The standard InChI is InChI=1S/C29H28N2O8/c1-12-24(34)22(14(3)32)26-23(25(12)35)29(4)20(39-26)11-19(33)21(27(29)36)13(2)30-9-8-16-17-10-15(38-5)6-7-18(17)31-28(16)37/h6-7,10-11,16,30,34-35H,8-9H2,1-5H3,(H,31,37). The zero-order chi connectivity index (χ0) is 28.4. The third-order valence-corrected chi connectivity index (χ3v) is 7.79. The van der Waals surface area contributed by atoms with Crippen LogP contribution in [-0.2, 0) is 19.8 Å². The van der Waals surface area contributed by atoms with E-state index < -0.39 is 34.4 Å². The molecule has 2 aromatic rings. The van der Waals surface area contributed by atoms with Crippen molar-refractivity contribution >= 4 is 28.9 Å². The molecule has 202 valence electrons. The van der Waals surface area contributed by atoms with Gasteiger partial charge >= 0.3 is 0 Å². The summed E-state index contributed by atoms with van der Waals surface area (Å²) in [4.78, 5) is 51.9. The number of amides is 1. The first-order valence-corrected chi connectivity index (χ1v) is 12.4. The third-order valence-electron chi connectivity index (χ3n) is 7.79. The SMILES string of the molecule is COc1ccc2c(c1)C(CCNC(C)=C1C(=O)C=C3Oc4c(C(C)=O)c(O)c(C)c(O)c4C3(C)C1=O)C(=O)N2. The second kappa shape index (κ2) is 9.00. The highest BCUT2D eigenvalue weighted by Crippen LogP contribution is 2.57. The van der Waals surface area contributed by atoms with E-state index in [1.807, 2.05) is 6.07 Å². The molecule has 10 nitrogen and oxygen atoms in total. The number of anilines is 1. The number of Topliss-reactive ketones (excluding diaryl/α,β-unsaturated/α-hetero) is 2. The predicted octanol–water partition coefficient (Wildman–Crippen LogP) is 3.29. The summed E-state index contributed by atoms with van der Waals surface area (Å²) in [5, 5.41) is 27.4. The zero-order valence-electron chi connectivity index (χ0n) is 22.1. The number of allylic oxidation sites excluding steroid dienone is 4. The van der Waals surface area contributed by atoms with E-state index in [2.05, 4.69) is 10.6 Å². The van der Waals surface area contributed by atoms with Gasteiger partial charge in [0.25, 0.3) is 0 Å². The van der Waals surface area contributed by atoms with Crippen molar-refractivity contribution in [1.82, 2.24) is 5.32 Å². The Kier molecular flexibility index (Phi) is 6.01. The molecule has 1 amide bonds. The highest BCUT2D eigenvalue weighted by Gasteiger charge is 2.56. The number of ketones is 3. The summed E-state index contributed by atoms with van der Waals surface area (Å²) < 4.78 is 11.1. The minimum absolute atomic E-state index is 0.0277. The number of aromatic hydroxyl groups is 2. The van der Waals surface area contributed by atoms with Crippen molar-refractivity contribution in [2.75, 3.05) is 19.0 Å². The minimum Gasteiger partial charge on any atom is -0.507 e. The molecule has 0 bridgehead atoms. The number of fused-ring (bicyclic) bond motifs is 4. The highest BCUT2D eigenvalue weighted by molar-refractivity contribution is 6.31. The summed E-state index contributed by atoms with van der Waals surface area (Å²) in [6.07, 6.45) is 1.56. The van der Waals surface area contributed by atoms with E-state index in [4.69, 9.17) is 9.47 Å². The molecule has 1 aliphatic carbocycles. The predicted molar refractivity (Wildman–Crippen MR) is 140 cm³/mol. The van der Waals surface area contributed by atoms with E-state index >= 15 is 0 Å². The number of carbonyl (C=O) groups excluding carboxylic acids is 4. The lowest BCUT2D eigenvalue weighted by Crippen LogP contribution is -2.41. The summed E-state index contributed by atoms with van der Waals surface area (Å²) in [7, 11) is 1.55. The van der Waals surface area contributed by atoms with Crippen molar-refractivity contribution < 1.29 is 38.9 Å². The van der Waals surface area contributed by atoms with Gasteiger partial charge in [0, 0.05) is 29.6 Å². The number of methoxy groups -OCH3 is 1. The first kappa shape index (κ1) is 26.0. The molecule has 5 rings (SSSR count). The van der Waals surface area contributed by atoms with E-state index in [0.29, 0.717) is 17.9 Å². The van der Waals surface area contributed by atoms with Crippen molar-refractivity contribution in [3.05, 3.63) is 63.6 Å². The van der Waals surface area contributed by atoms with Crippen molar-refractivity contribution in [1.29, 1.82) is 0 Å². The van der Waals surface area contributed by atoms with Gasteiger partial charge < -0.3 is 30.3 Å². The topological polar surface area (TPSA) is 151 Å². The fraction of sp³-hybridized carbons (Fsp3) is 0.310. The van der Waals surface area contributed by atoms with Gasteiger partial charge in [-0.3, -0.25) is 19.2 Å². The number of phenolic OH excluding ortho intramolecular Hbond substituents is 2. The van der Waals surface area contributed by atoms with Crippen LogP contribution in [0.2, 0.25) is 0 Å². The highest BCUT2D eigenvalue weighted by atomic mass is 16.5. The number of carbonyl (C=O) groups is 4. The van der Waals surface area contributed by atoms with Gasteiger partial charge in [0.2, 0.25) is 5.91 Å². The van der Waals surface area contributed by atoms with Crippen molar-refractivity contribution in [2.24, 2.45) is 0 Å². The Balaban J connectivity index is 1.46. The van der Waals surface area contributed by atoms with Crippen LogP contribution in [0.5, 0.6) is 23.0 Å². The van der Waals surface area contributed by atoms with Crippen LogP contribution in [-0.4, -0.2) is 47.1 Å². The van der Waals surface area contributed by atoms with E-state index in [1.165, 1.54) is 26.8 Å². The van der Waals surface area contributed by atoms with E-state index in [0.717, 1.165) is 11.3 Å². The number of ether oxygens (including phenoxy) is 2. The molecule has 39 heavy (non-hydrogen) atoms. The number of rotatable bonds is 6. The normalized spacial score (nSPS) is 22.3. The number of hydrogen-bond donors (Lipinski definition) is 4. The average molecular weight is 533 g/mol. The van der Waals surface area contributed by atoms with Gasteiger partial charge in [0.1, 0.15) is 39.7 Å². The molecule has 0 spiro atoms. The van der Waals surface area contributed by atoms with Gasteiger partial charge in [-0.15, -0.1) is 0 Å². The van der Waals surface area contributed by atoms with Crippen LogP contribution in [0.4, 0.5) is 5.69 Å². The van der Waals surface area contributed by atoms with Crippen LogP contribution in [0.25, 0.3) is 0 Å². The number of hydrogen-bond acceptors (Lipinski definition) is 9. The summed E-state index contributed by atoms with van der Waals surface area (Å²) in [5.74, 6) is -2.66. The van der Waals surface area contributed by atoms with Crippen molar-refractivity contribution in [3.63, 3.8) is 0 Å². The summed E-state index contributed by atoms with van der Waals surface area (Å²) in [6, 6.07) is 5.36. The van der Waals surface area contributed by atoms with E-state index in [9.17, 15) is 29.4 Å². The molecule has 10 heteroatoms. The first-order valence-electron chi connectivity index (χ1n) is 12.4. The maximum absolute atomic E-state index is 13.9. The Bertz CT molecular complexity index is 1570. The monoisotopic (exact) mass is 532 g/mol. The molecular formula is C29H28N2O8. The summed E-state index contributed by atoms with van der Waals surface area (Å²) in [6.45, 7) is 6.06. The molecular weight excluding hydrogens is 504 g/mol. The Morgan fingerprint density at radius 2 is 1.90 bits per heavy atom. The quantitative estimate of drug-likeness (QED) is 0.250. The second-order valence-corrected chi connectivity index (χ2v) is 10.1. The smallest absolute Gasteiger partial charge is 0.232 e. The maximum Gasteiger partial charge on any atom is 0.232 e. The lowest BCUT2D eigenvalue weighted by Gasteiger charge is -2.29. The molecule has 0 radical (unpaired) electrons. The fourth-order valence-electron chi connectivity index (χ4n) is 5.57. The second-order valence-electron chi connectivity index (χ2n) is 10.1. The van der Waals surface area contributed by atoms with Crippen LogP contribution in [0.3, 0.4) is 0 Å². The van der Waals surface area contributed by atoms with Crippen LogP contribution >= 0.6 is 0 Å². The molecule has 4 N–H and O–H groups in total. The van der Waals surface area contributed by atoms with Gasteiger partial charge in [-0.2, -0.15) is 0 Å². The number of phenols is 2. The molecule has 0 fully saturated rings. The number of benzene rings is 2. The van der Waals surface area contributed by atoms with Gasteiger partial charge in [-0.1, -0.05) is 0 Å². The van der Waals surface area contributed by atoms with Crippen LogP contribution < -0.4 is 20.1 Å². The minimum atomic E-state index is -1.59. The molecule has 0 aromatic heterocycles. The zero-order valence-corrected chi connectivity index (χ0v) is 22.1. The molecule has 2 unspecified atom stereocenters. The maximum atomic E-state index is 13.9. The summed E-state index contributed by atoms with van der Waals surface area (Å²) >= 11 is 0. The van der Waals surface area contributed by atoms with Gasteiger partial charge in [0.15, 0.2) is 17.3 Å². The number of nitrogens with one attached hydrogen (secondary N) is 2. The Labute approximate surface area is 224 Å². The Hall–Kier alpha value is -4.60. The van der Waals surface area contributed by atoms with Crippen molar-refractivity contribution in [3.8, 4) is 23.0 Å². The molecule has 0 saturated carbocycles. The Morgan fingerprint density at radius 1 is 1.18 bits per heavy atom. The van der Waals surface area contributed by atoms with Crippen LogP contribution in [0.1, 0.15) is 60.2 Å². The average Bonchev–Trinajstić information content (AvgIpc) is 3.35.